The van der Waals surface area contributed by atoms with Crippen LogP contribution in [-0.2, 0) is 4.74 Å². The van der Waals surface area contributed by atoms with Gasteiger partial charge in [-0.25, -0.2) is 4.79 Å². The first-order valence-corrected chi connectivity index (χ1v) is 7.59. The third kappa shape index (κ3) is 5.65. The van der Waals surface area contributed by atoms with Gasteiger partial charge in [-0.3, -0.25) is 0 Å². The molecule has 1 rings (SSSR count). The van der Waals surface area contributed by atoms with Crippen LogP contribution in [0.2, 0.25) is 0 Å². The van der Waals surface area contributed by atoms with E-state index in [0.29, 0.717) is 12.6 Å². The highest BCUT2D eigenvalue weighted by molar-refractivity contribution is 7.99. The lowest BCUT2D eigenvalue weighted by atomic mass is 10.1. The van der Waals surface area contributed by atoms with Crippen molar-refractivity contribution in [1.29, 1.82) is 0 Å². The fourth-order valence-corrected chi connectivity index (χ4v) is 2.47. The zero-order valence-electron chi connectivity index (χ0n) is 11.0. The molecule has 0 aromatic rings. The van der Waals surface area contributed by atoms with Gasteiger partial charge < -0.3 is 15.0 Å². The van der Waals surface area contributed by atoms with Gasteiger partial charge in [0, 0.05) is 31.4 Å². The summed E-state index contributed by atoms with van der Waals surface area (Å²) in [7, 11) is 0. The topological polar surface area (TPSA) is 41.6 Å². The van der Waals surface area contributed by atoms with E-state index in [1.165, 1.54) is 0 Å². The van der Waals surface area contributed by atoms with Crippen LogP contribution < -0.4 is 5.32 Å². The van der Waals surface area contributed by atoms with Crippen molar-refractivity contribution in [1.82, 2.24) is 10.2 Å². The van der Waals surface area contributed by atoms with Gasteiger partial charge in [-0.1, -0.05) is 5.92 Å². The number of hydrogen-bond acceptors (Lipinski definition) is 4. The van der Waals surface area contributed by atoms with Crippen molar-refractivity contribution in [2.24, 2.45) is 0 Å². The average molecular weight is 270 g/mol. The molecule has 4 nitrogen and oxygen atoms in total. The minimum Gasteiger partial charge on any atom is -0.450 e. The van der Waals surface area contributed by atoms with Crippen molar-refractivity contribution in [3.05, 3.63) is 0 Å². The van der Waals surface area contributed by atoms with Crippen molar-refractivity contribution < 1.29 is 9.53 Å². The lowest BCUT2D eigenvalue weighted by molar-refractivity contribution is 0.0953. The fourth-order valence-electron chi connectivity index (χ4n) is 1.95. The molecule has 0 aliphatic carbocycles. The van der Waals surface area contributed by atoms with Gasteiger partial charge in [0.15, 0.2) is 0 Å². The van der Waals surface area contributed by atoms with Gasteiger partial charge in [0.2, 0.25) is 0 Å². The number of ether oxygens (including phenoxy) is 1. The minimum absolute atomic E-state index is 0.180. The lowest BCUT2D eigenvalue weighted by Crippen LogP contribution is -2.45. The molecular weight excluding hydrogens is 248 g/mol. The molecule has 0 saturated carbocycles. The van der Waals surface area contributed by atoms with E-state index in [2.05, 4.69) is 11.2 Å². The van der Waals surface area contributed by atoms with Crippen molar-refractivity contribution in [3.8, 4) is 12.3 Å². The van der Waals surface area contributed by atoms with Crippen LogP contribution >= 0.6 is 11.8 Å². The van der Waals surface area contributed by atoms with Gasteiger partial charge >= 0.3 is 6.09 Å². The first-order chi connectivity index (χ1) is 8.77. The number of nitrogens with zero attached hydrogens (tertiary/aromatic N) is 1. The van der Waals surface area contributed by atoms with Crippen LogP contribution in [0, 0.1) is 12.3 Å². The molecule has 18 heavy (non-hydrogen) atoms. The standard InChI is InChI=1S/C13H22N2O2S/c1-3-10-18-11-7-14-12-5-8-15(9-6-12)13(16)17-4-2/h1,12,14H,4-11H2,2H3. The maximum atomic E-state index is 11.5. The van der Waals surface area contributed by atoms with Gasteiger partial charge in [-0.2, -0.15) is 0 Å². The lowest BCUT2D eigenvalue weighted by Gasteiger charge is -2.31. The Morgan fingerprint density at radius 3 is 2.89 bits per heavy atom. The van der Waals surface area contributed by atoms with Crippen molar-refractivity contribution >= 4 is 17.9 Å². The molecule has 0 atom stereocenters. The van der Waals surface area contributed by atoms with E-state index in [1.807, 2.05) is 6.92 Å². The van der Waals surface area contributed by atoms with E-state index >= 15 is 0 Å². The van der Waals surface area contributed by atoms with Crippen LogP contribution in [0.25, 0.3) is 0 Å². The predicted octanol–water partition coefficient (Wildman–Crippen LogP) is 1.56. The smallest absolute Gasteiger partial charge is 0.409 e. The molecule has 1 aliphatic heterocycles. The Morgan fingerprint density at radius 2 is 2.28 bits per heavy atom. The number of hydrogen-bond donors (Lipinski definition) is 1. The van der Waals surface area contributed by atoms with Gasteiger partial charge in [-0.05, 0) is 19.8 Å². The number of carbonyl (C=O) groups excluding carboxylic acids is 1. The highest BCUT2D eigenvalue weighted by Gasteiger charge is 2.22. The molecular formula is C13H22N2O2S. The normalized spacial score (nSPS) is 16.3. The Hall–Kier alpha value is -0.860. The van der Waals surface area contributed by atoms with E-state index in [1.54, 1.807) is 16.7 Å². The number of rotatable bonds is 6. The minimum atomic E-state index is -0.180. The molecule has 1 aliphatic rings. The second-order valence-corrected chi connectivity index (χ2v) is 5.28. The van der Waals surface area contributed by atoms with Gasteiger partial charge in [0.05, 0.1) is 12.4 Å². The number of terminal acetylenes is 1. The average Bonchev–Trinajstić information content (AvgIpc) is 2.39. The molecule has 0 radical (unpaired) electrons. The maximum Gasteiger partial charge on any atom is 0.409 e. The van der Waals surface area contributed by atoms with Crippen molar-refractivity contribution in [2.75, 3.05) is 37.7 Å². The van der Waals surface area contributed by atoms with Crippen molar-refractivity contribution in [2.45, 2.75) is 25.8 Å². The third-order valence-electron chi connectivity index (χ3n) is 2.89. The second kappa shape index (κ2) is 9.12. The molecule has 1 amide bonds. The molecule has 0 spiro atoms. The Balaban J connectivity index is 2.08. The summed E-state index contributed by atoms with van der Waals surface area (Å²) >= 11 is 1.77. The number of thioether (sulfide) groups is 1. The molecule has 1 fully saturated rings. The van der Waals surface area contributed by atoms with Crippen LogP contribution in [-0.4, -0.2) is 54.8 Å². The van der Waals surface area contributed by atoms with Crippen LogP contribution in [0.5, 0.6) is 0 Å². The van der Waals surface area contributed by atoms with Crippen LogP contribution in [0.3, 0.4) is 0 Å². The molecule has 1 saturated heterocycles. The third-order valence-corrected chi connectivity index (χ3v) is 3.75. The van der Waals surface area contributed by atoms with Crippen LogP contribution in [0.15, 0.2) is 0 Å². The van der Waals surface area contributed by atoms with E-state index in [-0.39, 0.29) is 6.09 Å². The Labute approximate surface area is 114 Å². The highest BCUT2D eigenvalue weighted by Crippen LogP contribution is 2.11. The van der Waals surface area contributed by atoms with Gasteiger partial charge in [0.25, 0.3) is 0 Å². The molecule has 1 heterocycles. The maximum absolute atomic E-state index is 11.5. The summed E-state index contributed by atoms with van der Waals surface area (Å²) in [6.07, 6.45) is 7.00. The van der Waals surface area contributed by atoms with Crippen LogP contribution in [0.1, 0.15) is 19.8 Å². The summed E-state index contributed by atoms with van der Waals surface area (Å²) < 4.78 is 4.99. The quantitative estimate of drug-likeness (QED) is 0.587. The number of piperidine rings is 1. The zero-order valence-corrected chi connectivity index (χ0v) is 11.8. The first kappa shape index (κ1) is 15.2. The summed E-state index contributed by atoms with van der Waals surface area (Å²) in [4.78, 5) is 13.3. The van der Waals surface area contributed by atoms with E-state index in [9.17, 15) is 4.79 Å². The largest absolute Gasteiger partial charge is 0.450 e. The van der Waals surface area contributed by atoms with Crippen molar-refractivity contribution in [3.63, 3.8) is 0 Å². The molecule has 5 heteroatoms. The molecule has 102 valence electrons. The Morgan fingerprint density at radius 1 is 1.56 bits per heavy atom. The number of amides is 1. The second-order valence-electron chi connectivity index (χ2n) is 4.17. The van der Waals surface area contributed by atoms with Gasteiger partial charge in [0.1, 0.15) is 0 Å². The fraction of sp³-hybridized carbons (Fsp3) is 0.769. The zero-order chi connectivity index (χ0) is 13.2. The predicted molar refractivity (Wildman–Crippen MR) is 75.8 cm³/mol. The first-order valence-electron chi connectivity index (χ1n) is 6.44. The summed E-state index contributed by atoms with van der Waals surface area (Å²) in [6, 6.07) is 0.516. The molecule has 0 aromatic carbocycles. The SMILES string of the molecule is C#CCSCCNC1CCN(C(=O)OCC)CC1. The highest BCUT2D eigenvalue weighted by atomic mass is 32.2. The number of nitrogens with one attached hydrogen (secondary N) is 1. The van der Waals surface area contributed by atoms with E-state index in [0.717, 1.165) is 44.0 Å². The molecule has 0 bridgehead atoms. The van der Waals surface area contributed by atoms with E-state index < -0.39 is 0 Å². The Kier molecular flexibility index (Phi) is 7.70. The van der Waals surface area contributed by atoms with Crippen LogP contribution in [0.4, 0.5) is 4.79 Å². The summed E-state index contributed by atoms with van der Waals surface area (Å²) in [5, 5.41) is 3.50. The summed E-state index contributed by atoms with van der Waals surface area (Å²) in [6.45, 7) is 4.84. The Bertz CT molecular complexity index is 283. The molecule has 0 aromatic heterocycles. The monoisotopic (exact) mass is 270 g/mol. The summed E-state index contributed by atoms with van der Waals surface area (Å²) in [5.41, 5.74) is 0. The number of carbonyl (C=O) groups is 1. The van der Waals surface area contributed by atoms with Gasteiger partial charge in [-0.15, -0.1) is 18.2 Å². The number of likely N-dealkylation sites (tertiary alicyclic amines) is 1. The molecule has 1 N–H and O–H groups in total. The summed E-state index contributed by atoms with van der Waals surface area (Å²) in [5.74, 6) is 4.44. The van der Waals surface area contributed by atoms with E-state index in [4.69, 9.17) is 11.2 Å². The molecule has 0 unspecified atom stereocenters.